The third-order valence-corrected chi connectivity index (χ3v) is 2.43. The number of nitrogens with zero attached hydrogens (tertiary/aromatic N) is 2. The van der Waals surface area contributed by atoms with Crippen LogP contribution in [0.15, 0.2) is 27.5 Å². The number of hydrogen-bond donors (Lipinski definition) is 2. The van der Waals surface area contributed by atoms with E-state index in [2.05, 4.69) is 27.4 Å². The van der Waals surface area contributed by atoms with Gasteiger partial charge < -0.3 is 14.7 Å². The number of pyridine rings is 1. The molecule has 2 heterocycles. The first-order valence-electron chi connectivity index (χ1n) is 6.02. The minimum atomic E-state index is -0.183. The molecule has 2 N–H and O–H groups in total. The van der Waals surface area contributed by atoms with Crippen LogP contribution in [0.4, 0.5) is 0 Å². The molecular formula is C12H16N4O2. The molecule has 96 valence electrons. The molecule has 6 heteroatoms. The Hall–Kier alpha value is -1.95. The summed E-state index contributed by atoms with van der Waals surface area (Å²) in [5.74, 6) is 0.959. The van der Waals surface area contributed by atoms with E-state index < -0.39 is 0 Å². The molecule has 0 unspecified atom stereocenters. The maximum absolute atomic E-state index is 11.2. The van der Waals surface area contributed by atoms with Crippen LogP contribution >= 0.6 is 0 Å². The van der Waals surface area contributed by atoms with Crippen molar-refractivity contribution < 1.29 is 4.42 Å². The Labute approximate surface area is 104 Å². The van der Waals surface area contributed by atoms with Gasteiger partial charge in [0.05, 0.1) is 0 Å². The van der Waals surface area contributed by atoms with Crippen LogP contribution in [0.3, 0.4) is 0 Å². The Balaban J connectivity index is 1.99. The van der Waals surface area contributed by atoms with Crippen LogP contribution in [0.2, 0.25) is 0 Å². The quantitative estimate of drug-likeness (QED) is 0.744. The monoisotopic (exact) mass is 248 g/mol. The number of hydrogen-bond acceptors (Lipinski definition) is 5. The van der Waals surface area contributed by atoms with Crippen molar-refractivity contribution in [2.75, 3.05) is 13.1 Å². The smallest absolute Gasteiger partial charge is 0.248 e. The van der Waals surface area contributed by atoms with Gasteiger partial charge in [-0.05, 0) is 19.0 Å². The molecule has 2 aromatic rings. The van der Waals surface area contributed by atoms with E-state index in [1.165, 1.54) is 6.07 Å². The molecule has 2 rings (SSSR count). The topological polar surface area (TPSA) is 83.8 Å². The number of H-pyrrole nitrogens is 1. The van der Waals surface area contributed by atoms with Gasteiger partial charge in [-0.1, -0.05) is 6.92 Å². The Morgan fingerprint density at radius 1 is 1.39 bits per heavy atom. The van der Waals surface area contributed by atoms with Gasteiger partial charge in [0.2, 0.25) is 17.3 Å². The van der Waals surface area contributed by atoms with Gasteiger partial charge in [0.25, 0.3) is 0 Å². The van der Waals surface area contributed by atoms with E-state index in [9.17, 15) is 4.79 Å². The highest BCUT2D eigenvalue weighted by atomic mass is 16.4. The second kappa shape index (κ2) is 6.11. The summed E-state index contributed by atoms with van der Waals surface area (Å²) in [7, 11) is 0. The van der Waals surface area contributed by atoms with E-state index in [4.69, 9.17) is 4.42 Å². The summed E-state index contributed by atoms with van der Waals surface area (Å²) < 4.78 is 5.49. The average molecular weight is 248 g/mol. The fourth-order valence-electron chi connectivity index (χ4n) is 1.55. The van der Waals surface area contributed by atoms with Gasteiger partial charge in [0.15, 0.2) is 0 Å². The molecule has 0 aliphatic carbocycles. The molecule has 0 fully saturated rings. The van der Waals surface area contributed by atoms with Crippen molar-refractivity contribution in [3.05, 3.63) is 34.6 Å². The van der Waals surface area contributed by atoms with E-state index in [1.807, 2.05) is 0 Å². The average Bonchev–Trinajstić information content (AvgIpc) is 2.83. The van der Waals surface area contributed by atoms with Gasteiger partial charge in [0, 0.05) is 30.8 Å². The molecule has 0 aromatic carbocycles. The number of aromatic amines is 1. The standard InChI is InChI=1S/C12H16N4O2/c1-2-5-13-6-4-11-15-16-12(18-11)9-3-7-14-10(17)8-9/h3,7-8,13H,2,4-6H2,1H3,(H,14,17). The summed E-state index contributed by atoms with van der Waals surface area (Å²) in [5, 5.41) is 11.1. The fourth-order valence-corrected chi connectivity index (χ4v) is 1.55. The molecule has 0 saturated heterocycles. The highest BCUT2D eigenvalue weighted by molar-refractivity contribution is 5.50. The molecular weight excluding hydrogens is 232 g/mol. The van der Waals surface area contributed by atoms with E-state index in [-0.39, 0.29) is 5.56 Å². The first kappa shape index (κ1) is 12.5. The normalized spacial score (nSPS) is 10.7. The summed E-state index contributed by atoms with van der Waals surface area (Å²) in [6.45, 7) is 3.91. The van der Waals surface area contributed by atoms with Crippen LogP contribution in [0.25, 0.3) is 11.5 Å². The molecule has 18 heavy (non-hydrogen) atoms. The van der Waals surface area contributed by atoms with Gasteiger partial charge in [0.1, 0.15) is 0 Å². The molecule has 0 aliphatic heterocycles. The number of nitrogens with one attached hydrogen (secondary N) is 2. The van der Waals surface area contributed by atoms with Crippen molar-refractivity contribution in [3.8, 4) is 11.5 Å². The van der Waals surface area contributed by atoms with Gasteiger partial charge in [-0.25, -0.2) is 0 Å². The summed E-state index contributed by atoms with van der Waals surface area (Å²) in [6.07, 6.45) is 3.35. The van der Waals surface area contributed by atoms with Crippen LogP contribution in [-0.2, 0) is 6.42 Å². The highest BCUT2D eigenvalue weighted by Gasteiger charge is 2.08. The van der Waals surface area contributed by atoms with Crippen LogP contribution < -0.4 is 10.9 Å². The van der Waals surface area contributed by atoms with Gasteiger partial charge in [-0.3, -0.25) is 4.79 Å². The zero-order valence-electron chi connectivity index (χ0n) is 10.3. The minimum Gasteiger partial charge on any atom is -0.421 e. The molecule has 0 atom stereocenters. The minimum absolute atomic E-state index is 0.183. The fraction of sp³-hybridized carbons (Fsp3) is 0.417. The summed E-state index contributed by atoms with van der Waals surface area (Å²) >= 11 is 0. The van der Waals surface area contributed by atoms with E-state index in [0.29, 0.717) is 23.8 Å². The third-order valence-electron chi connectivity index (χ3n) is 2.43. The molecule has 0 radical (unpaired) electrons. The van der Waals surface area contributed by atoms with Crippen molar-refractivity contribution in [1.29, 1.82) is 0 Å². The maximum atomic E-state index is 11.2. The van der Waals surface area contributed by atoms with E-state index in [0.717, 1.165) is 19.5 Å². The molecule has 2 aromatic heterocycles. The number of rotatable bonds is 6. The Morgan fingerprint density at radius 2 is 2.28 bits per heavy atom. The van der Waals surface area contributed by atoms with Crippen LogP contribution in [0.1, 0.15) is 19.2 Å². The summed E-state index contributed by atoms with van der Waals surface area (Å²) in [6, 6.07) is 3.17. The SMILES string of the molecule is CCCNCCc1nnc(-c2cc[nH]c(=O)c2)o1. The Morgan fingerprint density at radius 3 is 3.06 bits per heavy atom. The second-order valence-corrected chi connectivity index (χ2v) is 3.94. The lowest BCUT2D eigenvalue weighted by Gasteiger charge is -1.98. The van der Waals surface area contributed by atoms with Crippen molar-refractivity contribution in [2.45, 2.75) is 19.8 Å². The van der Waals surface area contributed by atoms with E-state index in [1.54, 1.807) is 12.3 Å². The van der Waals surface area contributed by atoms with Gasteiger partial charge in [-0.2, -0.15) is 0 Å². The molecule has 6 nitrogen and oxygen atoms in total. The first-order chi connectivity index (χ1) is 8.79. The van der Waals surface area contributed by atoms with Gasteiger partial charge >= 0.3 is 0 Å². The van der Waals surface area contributed by atoms with Crippen molar-refractivity contribution in [2.24, 2.45) is 0 Å². The predicted molar refractivity (Wildman–Crippen MR) is 67.2 cm³/mol. The molecule has 0 saturated carbocycles. The summed E-state index contributed by atoms with van der Waals surface area (Å²) in [5.41, 5.74) is 0.455. The van der Waals surface area contributed by atoms with E-state index >= 15 is 0 Å². The lowest BCUT2D eigenvalue weighted by molar-refractivity contribution is 0.494. The van der Waals surface area contributed by atoms with Gasteiger partial charge in [-0.15, -0.1) is 10.2 Å². The number of aromatic nitrogens is 3. The highest BCUT2D eigenvalue weighted by Crippen LogP contribution is 2.14. The molecule has 0 bridgehead atoms. The molecule has 0 aliphatic rings. The van der Waals surface area contributed by atoms with Crippen molar-refractivity contribution in [3.63, 3.8) is 0 Å². The van der Waals surface area contributed by atoms with Crippen LogP contribution in [-0.4, -0.2) is 28.3 Å². The third kappa shape index (κ3) is 3.27. The van der Waals surface area contributed by atoms with Crippen molar-refractivity contribution in [1.82, 2.24) is 20.5 Å². The predicted octanol–water partition coefficient (Wildman–Crippen LogP) is 0.967. The Kier molecular flexibility index (Phi) is 4.25. The summed E-state index contributed by atoms with van der Waals surface area (Å²) in [4.78, 5) is 13.7. The second-order valence-electron chi connectivity index (χ2n) is 3.94. The lowest BCUT2D eigenvalue weighted by atomic mass is 10.3. The Bertz CT molecular complexity index is 547. The zero-order chi connectivity index (χ0) is 12.8. The molecule has 0 amide bonds. The lowest BCUT2D eigenvalue weighted by Crippen LogP contribution is -2.17. The largest absolute Gasteiger partial charge is 0.421 e. The molecule has 0 spiro atoms. The first-order valence-corrected chi connectivity index (χ1v) is 6.02. The maximum Gasteiger partial charge on any atom is 0.248 e. The zero-order valence-corrected chi connectivity index (χ0v) is 10.3. The van der Waals surface area contributed by atoms with Crippen molar-refractivity contribution >= 4 is 0 Å². The van der Waals surface area contributed by atoms with Crippen LogP contribution in [0, 0.1) is 0 Å². The van der Waals surface area contributed by atoms with Crippen LogP contribution in [0.5, 0.6) is 0 Å².